The second-order valence-electron chi connectivity index (χ2n) is 5.11. The lowest BCUT2D eigenvalue weighted by Gasteiger charge is -2.16. The summed E-state index contributed by atoms with van der Waals surface area (Å²) >= 11 is 3.53. The van der Waals surface area contributed by atoms with Crippen LogP contribution in [0.25, 0.3) is 0 Å². The molecule has 2 unspecified atom stereocenters. The summed E-state index contributed by atoms with van der Waals surface area (Å²) in [6.45, 7) is 7.10. The fourth-order valence-corrected chi connectivity index (χ4v) is 2.65. The molecule has 0 spiro atoms. The Morgan fingerprint density at radius 1 is 1.39 bits per heavy atom. The van der Waals surface area contributed by atoms with E-state index in [9.17, 15) is 4.79 Å². The van der Waals surface area contributed by atoms with Crippen molar-refractivity contribution in [3.8, 4) is 0 Å². The van der Waals surface area contributed by atoms with Crippen LogP contribution in [0, 0.1) is 19.8 Å². The van der Waals surface area contributed by atoms with E-state index in [1.54, 1.807) is 0 Å². The number of carbonyl (C=O) groups is 1. The van der Waals surface area contributed by atoms with Crippen molar-refractivity contribution >= 4 is 27.5 Å². The van der Waals surface area contributed by atoms with Gasteiger partial charge in [-0.2, -0.15) is 0 Å². The van der Waals surface area contributed by atoms with Gasteiger partial charge in [-0.05, 0) is 56.0 Å². The first-order chi connectivity index (χ1) is 8.49. The number of amides is 1. The molecule has 0 bridgehead atoms. The van der Waals surface area contributed by atoms with E-state index in [1.807, 2.05) is 26.0 Å². The Bertz CT molecular complexity index is 450. The van der Waals surface area contributed by atoms with Crippen molar-refractivity contribution in [3.05, 3.63) is 27.7 Å². The molecule has 0 radical (unpaired) electrons. The molecule has 1 aromatic rings. The molecule has 1 heterocycles. The van der Waals surface area contributed by atoms with Crippen LogP contribution in [0.2, 0.25) is 0 Å². The van der Waals surface area contributed by atoms with Crippen LogP contribution in [0.15, 0.2) is 16.6 Å². The van der Waals surface area contributed by atoms with Crippen molar-refractivity contribution in [2.45, 2.75) is 33.2 Å². The third-order valence-electron chi connectivity index (χ3n) is 3.52. The molecule has 2 rings (SSSR count). The van der Waals surface area contributed by atoms with Crippen molar-refractivity contribution in [2.75, 3.05) is 11.9 Å². The highest BCUT2D eigenvalue weighted by Gasteiger charge is 2.29. The van der Waals surface area contributed by atoms with Crippen LogP contribution < -0.4 is 10.6 Å². The van der Waals surface area contributed by atoms with Gasteiger partial charge in [-0.25, -0.2) is 0 Å². The van der Waals surface area contributed by atoms with E-state index >= 15 is 0 Å². The molecular formula is C14H19BrN2O. The Hall–Kier alpha value is -0.870. The highest BCUT2D eigenvalue weighted by molar-refractivity contribution is 9.10. The summed E-state index contributed by atoms with van der Waals surface area (Å²) in [6.07, 6.45) is 1.07. The summed E-state index contributed by atoms with van der Waals surface area (Å²) in [6, 6.07) is 3.93. The highest BCUT2D eigenvalue weighted by Crippen LogP contribution is 2.25. The lowest BCUT2D eigenvalue weighted by Crippen LogP contribution is -2.39. The number of rotatable bonds is 2. The summed E-state index contributed by atoms with van der Waals surface area (Å²) in [5, 5.41) is 6.25. The Labute approximate surface area is 116 Å². The maximum atomic E-state index is 12.1. The van der Waals surface area contributed by atoms with E-state index in [4.69, 9.17) is 0 Å². The topological polar surface area (TPSA) is 41.1 Å². The highest BCUT2D eigenvalue weighted by atomic mass is 79.9. The van der Waals surface area contributed by atoms with Crippen LogP contribution in [0.3, 0.4) is 0 Å². The van der Waals surface area contributed by atoms with Gasteiger partial charge in [0.25, 0.3) is 0 Å². The normalized spacial score (nSPS) is 23.1. The Morgan fingerprint density at radius 2 is 2.00 bits per heavy atom. The van der Waals surface area contributed by atoms with Gasteiger partial charge in [-0.3, -0.25) is 4.79 Å². The summed E-state index contributed by atoms with van der Waals surface area (Å²) in [4.78, 5) is 12.1. The lowest BCUT2D eigenvalue weighted by atomic mass is 10.0. The molecule has 98 valence electrons. The first kappa shape index (κ1) is 13.6. The second-order valence-corrected chi connectivity index (χ2v) is 5.90. The van der Waals surface area contributed by atoms with Gasteiger partial charge >= 0.3 is 0 Å². The Morgan fingerprint density at radius 3 is 2.50 bits per heavy atom. The van der Waals surface area contributed by atoms with Gasteiger partial charge in [0.1, 0.15) is 0 Å². The van der Waals surface area contributed by atoms with Crippen molar-refractivity contribution in [1.29, 1.82) is 0 Å². The SMILES string of the molecule is Cc1cc(NC(=O)C2NCCC2C)cc(C)c1Br. The molecule has 2 N–H and O–H groups in total. The zero-order chi connectivity index (χ0) is 13.3. The van der Waals surface area contributed by atoms with Crippen molar-refractivity contribution in [2.24, 2.45) is 5.92 Å². The molecule has 1 aliphatic rings. The molecule has 0 aromatic heterocycles. The number of aryl methyl sites for hydroxylation is 2. The molecule has 4 heteroatoms. The summed E-state index contributed by atoms with van der Waals surface area (Å²) in [5.74, 6) is 0.476. The van der Waals surface area contributed by atoms with E-state index < -0.39 is 0 Å². The Kier molecular flexibility index (Phi) is 4.07. The first-order valence-electron chi connectivity index (χ1n) is 6.30. The first-order valence-corrected chi connectivity index (χ1v) is 7.09. The number of anilines is 1. The maximum Gasteiger partial charge on any atom is 0.241 e. The third kappa shape index (κ3) is 2.75. The van der Waals surface area contributed by atoms with E-state index in [0.717, 1.165) is 34.3 Å². The van der Waals surface area contributed by atoms with Crippen LogP contribution in [0.4, 0.5) is 5.69 Å². The maximum absolute atomic E-state index is 12.1. The van der Waals surface area contributed by atoms with Gasteiger partial charge in [-0.15, -0.1) is 0 Å². The zero-order valence-electron chi connectivity index (χ0n) is 11.0. The number of benzene rings is 1. The average Bonchev–Trinajstić information content (AvgIpc) is 2.72. The van der Waals surface area contributed by atoms with Gasteiger partial charge in [-0.1, -0.05) is 22.9 Å². The summed E-state index contributed by atoms with van der Waals surface area (Å²) in [7, 11) is 0. The fourth-order valence-electron chi connectivity index (χ4n) is 2.42. The van der Waals surface area contributed by atoms with E-state index in [0.29, 0.717) is 5.92 Å². The number of carbonyl (C=O) groups excluding carboxylic acids is 1. The van der Waals surface area contributed by atoms with Gasteiger partial charge in [0.15, 0.2) is 0 Å². The largest absolute Gasteiger partial charge is 0.325 e. The van der Waals surface area contributed by atoms with Gasteiger partial charge < -0.3 is 10.6 Å². The van der Waals surface area contributed by atoms with Gasteiger partial charge in [0, 0.05) is 10.2 Å². The number of nitrogens with one attached hydrogen (secondary N) is 2. The van der Waals surface area contributed by atoms with Crippen molar-refractivity contribution in [1.82, 2.24) is 5.32 Å². The van der Waals surface area contributed by atoms with Crippen LogP contribution in [0.1, 0.15) is 24.5 Å². The van der Waals surface area contributed by atoms with Gasteiger partial charge in [0.05, 0.1) is 6.04 Å². The molecule has 18 heavy (non-hydrogen) atoms. The Balaban J connectivity index is 2.12. The van der Waals surface area contributed by atoms with Crippen LogP contribution >= 0.6 is 15.9 Å². The molecule has 1 saturated heterocycles. The number of halogens is 1. The van der Waals surface area contributed by atoms with Crippen LogP contribution in [-0.2, 0) is 4.79 Å². The van der Waals surface area contributed by atoms with Crippen LogP contribution in [-0.4, -0.2) is 18.5 Å². The molecule has 0 aliphatic carbocycles. The standard InChI is InChI=1S/C14H19BrN2O/c1-8-4-5-16-13(8)14(18)17-11-6-9(2)12(15)10(3)7-11/h6-8,13,16H,4-5H2,1-3H3,(H,17,18). The molecule has 2 atom stereocenters. The molecular weight excluding hydrogens is 292 g/mol. The predicted octanol–water partition coefficient (Wildman–Crippen LogP) is 3.00. The van der Waals surface area contributed by atoms with Crippen LogP contribution in [0.5, 0.6) is 0 Å². The van der Waals surface area contributed by atoms with E-state index in [-0.39, 0.29) is 11.9 Å². The molecule has 1 fully saturated rings. The monoisotopic (exact) mass is 310 g/mol. The number of hydrogen-bond donors (Lipinski definition) is 2. The van der Waals surface area contributed by atoms with E-state index in [2.05, 4.69) is 33.5 Å². The average molecular weight is 311 g/mol. The van der Waals surface area contributed by atoms with E-state index in [1.165, 1.54) is 0 Å². The van der Waals surface area contributed by atoms with Crippen molar-refractivity contribution < 1.29 is 4.79 Å². The molecule has 1 amide bonds. The second kappa shape index (κ2) is 5.41. The molecule has 0 saturated carbocycles. The van der Waals surface area contributed by atoms with Gasteiger partial charge in [0.2, 0.25) is 5.91 Å². The number of hydrogen-bond acceptors (Lipinski definition) is 2. The minimum atomic E-state index is -0.0609. The predicted molar refractivity (Wildman–Crippen MR) is 77.8 cm³/mol. The lowest BCUT2D eigenvalue weighted by molar-refractivity contribution is -0.118. The summed E-state index contributed by atoms with van der Waals surface area (Å²) in [5.41, 5.74) is 3.15. The fraction of sp³-hybridized carbons (Fsp3) is 0.500. The smallest absolute Gasteiger partial charge is 0.241 e. The quantitative estimate of drug-likeness (QED) is 0.881. The molecule has 1 aliphatic heterocycles. The molecule has 1 aromatic carbocycles. The minimum absolute atomic E-state index is 0.0609. The third-order valence-corrected chi connectivity index (χ3v) is 4.77. The van der Waals surface area contributed by atoms with Crippen molar-refractivity contribution in [3.63, 3.8) is 0 Å². The minimum Gasteiger partial charge on any atom is -0.325 e. The summed E-state index contributed by atoms with van der Waals surface area (Å²) < 4.78 is 1.10. The zero-order valence-corrected chi connectivity index (χ0v) is 12.6. The molecule has 3 nitrogen and oxygen atoms in total.